The number of furan rings is 1. The number of carbonyl (C=O) groups is 2. The Morgan fingerprint density at radius 1 is 1.17 bits per heavy atom. The fraction of sp³-hybridized carbons (Fsp3) is 0.250. The molecule has 2 rings (SSSR count). The van der Waals surface area contributed by atoms with Gasteiger partial charge in [-0.25, -0.2) is 0 Å². The number of hydrogen-bond donors (Lipinski definition) is 3. The van der Waals surface area contributed by atoms with Gasteiger partial charge in [-0.3, -0.25) is 20.4 Å². The van der Waals surface area contributed by atoms with Crippen LogP contribution in [-0.2, 0) is 4.79 Å². The number of halogens is 1. The third-order valence-electron chi connectivity index (χ3n) is 3.25. The molecular weight excluding hydrogens is 362 g/mol. The molecule has 0 radical (unpaired) electrons. The maximum Gasteiger partial charge on any atom is 0.305 e. The third kappa shape index (κ3) is 5.22. The quantitative estimate of drug-likeness (QED) is 0.673. The summed E-state index contributed by atoms with van der Waals surface area (Å²) >= 11 is 3.40. The topological polar surface area (TPSA) is 83.4 Å². The van der Waals surface area contributed by atoms with E-state index in [9.17, 15) is 9.59 Å². The maximum atomic E-state index is 11.8. The van der Waals surface area contributed by atoms with E-state index in [1.807, 2.05) is 31.2 Å². The molecule has 1 atom stereocenters. The van der Waals surface area contributed by atoms with Crippen molar-refractivity contribution in [3.05, 3.63) is 58.5 Å². The molecule has 122 valence electrons. The Bertz CT molecular complexity index is 641. The van der Waals surface area contributed by atoms with Gasteiger partial charge in [-0.15, -0.1) is 0 Å². The van der Waals surface area contributed by atoms with Crippen molar-refractivity contribution in [2.45, 2.75) is 19.4 Å². The Kier molecular flexibility index (Phi) is 6.37. The lowest BCUT2D eigenvalue weighted by Crippen LogP contribution is -2.45. The summed E-state index contributed by atoms with van der Waals surface area (Å²) in [6.45, 7) is 2.13. The first-order valence-corrected chi connectivity index (χ1v) is 8.01. The molecule has 6 nitrogen and oxygen atoms in total. The Labute approximate surface area is 142 Å². The van der Waals surface area contributed by atoms with Gasteiger partial charge in [0.05, 0.1) is 12.8 Å². The molecule has 0 bridgehead atoms. The summed E-state index contributed by atoms with van der Waals surface area (Å²) < 4.78 is 5.94. The molecule has 7 heteroatoms. The van der Waals surface area contributed by atoms with Crippen LogP contribution in [0.4, 0.5) is 0 Å². The molecule has 1 aromatic carbocycles. The Balaban J connectivity index is 1.78. The summed E-state index contributed by atoms with van der Waals surface area (Å²) in [5.41, 5.74) is 5.74. The minimum absolute atomic E-state index is 0.0645. The van der Waals surface area contributed by atoms with Crippen molar-refractivity contribution in [2.24, 2.45) is 0 Å². The smallest absolute Gasteiger partial charge is 0.305 e. The SMILES string of the molecule is CC[C@H](NCC(=O)NNC(=O)c1ccco1)c1ccc(Br)cc1. The summed E-state index contributed by atoms with van der Waals surface area (Å²) in [5, 5.41) is 3.16. The largest absolute Gasteiger partial charge is 0.459 e. The van der Waals surface area contributed by atoms with Crippen LogP contribution in [0.5, 0.6) is 0 Å². The molecule has 2 aromatic rings. The average molecular weight is 380 g/mol. The van der Waals surface area contributed by atoms with E-state index in [2.05, 4.69) is 32.1 Å². The first-order valence-electron chi connectivity index (χ1n) is 7.21. The molecule has 23 heavy (non-hydrogen) atoms. The normalized spacial score (nSPS) is 11.7. The lowest BCUT2D eigenvalue weighted by Gasteiger charge is -2.17. The summed E-state index contributed by atoms with van der Waals surface area (Å²) in [5.74, 6) is -0.691. The van der Waals surface area contributed by atoms with Crippen molar-refractivity contribution in [3.63, 3.8) is 0 Å². The molecular formula is C16H18BrN3O3. The van der Waals surface area contributed by atoms with Crippen molar-refractivity contribution >= 4 is 27.7 Å². The molecule has 0 saturated carbocycles. The molecule has 1 aromatic heterocycles. The molecule has 0 aliphatic heterocycles. The van der Waals surface area contributed by atoms with E-state index in [0.717, 1.165) is 16.5 Å². The van der Waals surface area contributed by atoms with Crippen LogP contribution in [0.1, 0.15) is 35.5 Å². The van der Waals surface area contributed by atoms with Crippen molar-refractivity contribution in [2.75, 3.05) is 6.54 Å². The molecule has 0 aliphatic rings. The summed E-state index contributed by atoms with van der Waals surface area (Å²) in [4.78, 5) is 23.4. The number of rotatable bonds is 6. The van der Waals surface area contributed by atoms with Crippen molar-refractivity contribution in [3.8, 4) is 0 Å². The number of benzene rings is 1. The standard InChI is InChI=1S/C16H18BrN3O3/c1-2-13(11-5-7-12(17)8-6-11)18-10-15(21)19-20-16(22)14-4-3-9-23-14/h3-9,13,18H,2,10H2,1H3,(H,19,21)(H,20,22)/t13-/m0/s1. The van der Waals surface area contributed by atoms with E-state index in [1.165, 1.54) is 12.3 Å². The molecule has 3 N–H and O–H groups in total. The summed E-state index contributed by atoms with van der Waals surface area (Å²) in [6, 6.07) is 11.1. The van der Waals surface area contributed by atoms with Crippen LogP contribution in [0.25, 0.3) is 0 Å². The predicted octanol–water partition coefficient (Wildman–Crippen LogP) is 2.54. The van der Waals surface area contributed by atoms with Gasteiger partial charge in [-0.2, -0.15) is 0 Å². The summed E-state index contributed by atoms with van der Waals surface area (Å²) in [7, 11) is 0. The highest BCUT2D eigenvalue weighted by Crippen LogP contribution is 2.19. The molecule has 1 heterocycles. The van der Waals surface area contributed by atoms with E-state index in [-0.39, 0.29) is 24.3 Å². The number of amides is 2. The lowest BCUT2D eigenvalue weighted by molar-refractivity contribution is -0.121. The molecule has 0 spiro atoms. The van der Waals surface area contributed by atoms with E-state index < -0.39 is 5.91 Å². The van der Waals surface area contributed by atoms with E-state index in [0.29, 0.717) is 0 Å². The maximum absolute atomic E-state index is 11.8. The van der Waals surface area contributed by atoms with Crippen molar-refractivity contribution in [1.82, 2.24) is 16.2 Å². The van der Waals surface area contributed by atoms with Crippen LogP contribution in [0.15, 0.2) is 51.6 Å². The zero-order valence-corrected chi connectivity index (χ0v) is 14.2. The van der Waals surface area contributed by atoms with Gasteiger partial charge in [0.25, 0.3) is 5.91 Å². The van der Waals surface area contributed by atoms with E-state index >= 15 is 0 Å². The van der Waals surface area contributed by atoms with Crippen molar-refractivity contribution < 1.29 is 14.0 Å². The van der Waals surface area contributed by atoms with Crippen LogP contribution in [0.3, 0.4) is 0 Å². The van der Waals surface area contributed by atoms with Gasteiger partial charge in [-0.05, 0) is 36.2 Å². The van der Waals surface area contributed by atoms with Crippen LogP contribution in [-0.4, -0.2) is 18.4 Å². The molecule has 0 saturated heterocycles. The van der Waals surface area contributed by atoms with Gasteiger partial charge in [0.1, 0.15) is 0 Å². The fourth-order valence-corrected chi connectivity index (χ4v) is 2.31. The monoisotopic (exact) mass is 379 g/mol. The highest BCUT2D eigenvalue weighted by molar-refractivity contribution is 9.10. The Hall–Kier alpha value is -2.12. The van der Waals surface area contributed by atoms with E-state index in [4.69, 9.17) is 4.42 Å². The second-order valence-corrected chi connectivity index (χ2v) is 5.79. The molecule has 0 aliphatic carbocycles. The third-order valence-corrected chi connectivity index (χ3v) is 3.78. The van der Waals surface area contributed by atoms with E-state index in [1.54, 1.807) is 6.07 Å². The first-order chi connectivity index (χ1) is 11.1. The van der Waals surface area contributed by atoms with Crippen LogP contribution in [0, 0.1) is 0 Å². The number of hydrazine groups is 1. The van der Waals surface area contributed by atoms with Gasteiger partial charge in [-0.1, -0.05) is 35.0 Å². The Morgan fingerprint density at radius 3 is 2.52 bits per heavy atom. The van der Waals surface area contributed by atoms with Crippen LogP contribution in [0.2, 0.25) is 0 Å². The molecule has 2 amide bonds. The Morgan fingerprint density at radius 2 is 1.91 bits per heavy atom. The fourth-order valence-electron chi connectivity index (χ4n) is 2.05. The number of hydrogen-bond acceptors (Lipinski definition) is 4. The van der Waals surface area contributed by atoms with Gasteiger partial charge >= 0.3 is 5.91 Å². The lowest BCUT2D eigenvalue weighted by atomic mass is 10.0. The molecule has 0 fully saturated rings. The van der Waals surface area contributed by atoms with Gasteiger partial charge in [0.2, 0.25) is 0 Å². The zero-order valence-electron chi connectivity index (χ0n) is 12.6. The van der Waals surface area contributed by atoms with Crippen molar-refractivity contribution in [1.29, 1.82) is 0 Å². The minimum atomic E-state index is -0.497. The first kappa shape index (κ1) is 17.2. The van der Waals surface area contributed by atoms with Gasteiger partial charge < -0.3 is 9.73 Å². The highest BCUT2D eigenvalue weighted by Gasteiger charge is 2.12. The summed E-state index contributed by atoms with van der Waals surface area (Å²) in [6.07, 6.45) is 2.23. The highest BCUT2D eigenvalue weighted by atomic mass is 79.9. The van der Waals surface area contributed by atoms with Gasteiger partial charge in [0.15, 0.2) is 5.76 Å². The number of nitrogens with one attached hydrogen (secondary N) is 3. The van der Waals surface area contributed by atoms with Crippen LogP contribution < -0.4 is 16.2 Å². The molecule has 0 unspecified atom stereocenters. The minimum Gasteiger partial charge on any atom is -0.459 e. The zero-order chi connectivity index (χ0) is 16.7. The van der Waals surface area contributed by atoms with Crippen LogP contribution >= 0.6 is 15.9 Å². The second kappa shape index (κ2) is 8.50. The average Bonchev–Trinajstić information content (AvgIpc) is 3.09. The predicted molar refractivity (Wildman–Crippen MR) is 89.5 cm³/mol. The number of carbonyl (C=O) groups excluding carboxylic acids is 2. The second-order valence-electron chi connectivity index (χ2n) is 4.87. The van der Waals surface area contributed by atoms with Gasteiger partial charge in [0, 0.05) is 10.5 Å².